The highest BCUT2D eigenvalue weighted by Crippen LogP contribution is 2.28. The highest BCUT2D eigenvalue weighted by atomic mass is 16.5. The maximum Gasteiger partial charge on any atom is 0.226 e. The van der Waals surface area contributed by atoms with E-state index in [1.165, 1.54) is 12.8 Å². The molecule has 8 nitrogen and oxygen atoms in total. The molecule has 0 aliphatic carbocycles. The fourth-order valence-corrected chi connectivity index (χ4v) is 3.99. The van der Waals surface area contributed by atoms with Gasteiger partial charge in [0.2, 0.25) is 5.95 Å². The van der Waals surface area contributed by atoms with Gasteiger partial charge in [-0.1, -0.05) is 6.42 Å². The monoisotopic (exact) mass is 418 g/mol. The number of anilines is 1. The first-order valence-electron chi connectivity index (χ1n) is 10.6. The number of ether oxygens (including phenoxy) is 2. The van der Waals surface area contributed by atoms with Gasteiger partial charge >= 0.3 is 0 Å². The van der Waals surface area contributed by atoms with Crippen molar-refractivity contribution in [3.63, 3.8) is 0 Å². The van der Waals surface area contributed by atoms with Gasteiger partial charge in [-0.3, -0.25) is 0 Å². The van der Waals surface area contributed by atoms with Gasteiger partial charge in [-0.25, -0.2) is 9.97 Å². The SMILES string of the molecule is COc1ccc(-c2nc3c4cc(OC)ccc4nc(N[C@@H]4CCCCNC4)n3n2)cc1. The van der Waals surface area contributed by atoms with E-state index in [9.17, 15) is 0 Å². The van der Waals surface area contributed by atoms with Crippen LogP contribution in [0.15, 0.2) is 42.5 Å². The van der Waals surface area contributed by atoms with Crippen LogP contribution in [0.4, 0.5) is 5.95 Å². The van der Waals surface area contributed by atoms with Crippen molar-refractivity contribution in [3.8, 4) is 22.9 Å². The lowest BCUT2D eigenvalue weighted by Gasteiger charge is -2.18. The molecule has 5 rings (SSSR count). The van der Waals surface area contributed by atoms with E-state index in [-0.39, 0.29) is 0 Å². The summed E-state index contributed by atoms with van der Waals surface area (Å²) in [6.07, 6.45) is 3.48. The van der Waals surface area contributed by atoms with Gasteiger partial charge in [-0.15, -0.1) is 5.10 Å². The first kappa shape index (κ1) is 19.6. The summed E-state index contributed by atoms with van der Waals surface area (Å²) in [4.78, 5) is 9.76. The van der Waals surface area contributed by atoms with Crippen LogP contribution in [0.25, 0.3) is 27.9 Å². The van der Waals surface area contributed by atoms with Crippen molar-refractivity contribution in [1.29, 1.82) is 0 Å². The average molecular weight is 419 g/mol. The van der Waals surface area contributed by atoms with E-state index in [2.05, 4.69) is 10.6 Å². The largest absolute Gasteiger partial charge is 0.497 e. The number of fused-ring (bicyclic) bond motifs is 3. The van der Waals surface area contributed by atoms with E-state index in [0.29, 0.717) is 17.8 Å². The number of nitrogens with one attached hydrogen (secondary N) is 2. The third kappa shape index (κ3) is 3.86. The zero-order valence-corrected chi connectivity index (χ0v) is 17.8. The Hall–Kier alpha value is -3.39. The van der Waals surface area contributed by atoms with Gasteiger partial charge in [-0.2, -0.15) is 4.52 Å². The van der Waals surface area contributed by atoms with Gasteiger partial charge in [0.1, 0.15) is 11.5 Å². The molecule has 4 aromatic rings. The molecule has 1 aliphatic heterocycles. The third-order valence-electron chi connectivity index (χ3n) is 5.71. The molecule has 1 fully saturated rings. The molecule has 2 N–H and O–H groups in total. The molecule has 0 unspecified atom stereocenters. The molecule has 2 aromatic carbocycles. The number of aromatic nitrogens is 4. The van der Waals surface area contributed by atoms with Crippen LogP contribution >= 0.6 is 0 Å². The lowest BCUT2D eigenvalue weighted by Crippen LogP contribution is -2.32. The van der Waals surface area contributed by atoms with Gasteiger partial charge < -0.3 is 20.1 Å². The standard InChI is InChI=1S/C23H26N6O2/c1-30-17-8-6-15(7-9-17)21-27-22-19-13-18(31-2)10-11-20(19)26-23(29(22)28-21)25-16-5-3-4-12-24-14-16/h6-11,13,16,24H,3-5,12,14H2,1-2H3,(H,25,26)/t16-/m1/s1. The summed E-state index contributed by atoms with van der Waals surface area (Å²) in [6, 6.07) is 13.9. The van der Waals surface area contributed by atoms with Crippen molar-refractivity contribution < 1.29 is 9.47 Å². The maximum atomic E-state index is 5.43. The number of hydrogen-bond acceptors (Lipinski definition) is 7. The molecule has 1 saturated heterocycles. The average Bonchev–Trinajstić information content (AvgIpc) is 3.11. The predicted molar refractivity (Wildman–Crippen MR) is 121 cm³/mol. The molecule has 2 aromatic heterocycles. The molecule has 0 spiro atoms. The van der Waals surface area contributed by atoms with Crippen LogP contribution < -0.4 is 20.1 Å². The minimum Gasteiger partial charge on any atom is -0.497 e. The Kier molecular flexibility index (Phi) is 5.30. The van der Waals surface area contributed by atoms with Crippen LogP contribution in [0.1, 0.15) is 19.3 Å². The van der Waals surface area contributed by atoms with Crippen LogP contribution in [0, 0.1) is 0 Å². The minimum atomic E-state index is 0.294. The predicted octanol–water partition coefficient (Wildman–Crippen LogP) is 3.52. The fourth-order valence-electron chi connectivity index (χ4n) is 3.99. The molecule has 0 radical (unpaired) electrons. The topological polar surface area (TPSA) is 85.6 Å². The molecular formula is C23H26N6O2. The third-order valence-corrected chi connectivity index (χ3v) is 5.71. The van der Waals surface area contributed by atoms with Crippen molar-refractivity contribution >= 4 is 22.5 Å². The smallest absolute Gasteiger partial charge is 0.226 e. The van der Waals surface area contributed by atoms with Gasteiger partial charge in [0.25, 0.3) is 0 Å². The second-order valence-corrected chi connectivity index (χ2v) is 7.76. The lowest BCUT2D eigenvalue weighted by atomic mass is 10.1. The quantitative estimate of drug-likeness (QED) is 0.513. The molecular weight excluding hydrogens is 392 g/mol. The summed E-state index contributed by atoms with van der Waals surface area (Å²) in [5.41, 5.74) is 2.52. The number of nitrogens with zero attached hydrogens (tertiary/aromatic N) is 4. The highest BCUT2D eigenvalue weighted by molar-refractivity contribution is 5.94. The molecule has 31 heavy (non-hydrogen) atoms. The Morgan fingerprint density at radius 1 is 1.00 bits per heavy atom. The Bertz CT molecular complexity index is 1200. The first-order chi connectivity index (χ1) is 15.2. The molecule has 0 amide bonds. The molecule has 1 aliphatic rings. The normalized spacial score (nSPS) is 16.9. The van der Waals surface area contributed by atoms with E-state index in [0.717, 1.165) is 53.1 Å². The number of methoxy groups -OCH3 is 2. The van der Waals surface area contributed by atoms with Crippen molar-refractivity contribution in [3.05, 3.63) is 42.5 Å². The minimum absolute atomic E-state index is 0.294. The Labute approximate surface area is 180 Å². The number of benzene rings is 2. The molecule has 160 valence electrons. The van der Waals surface area contributed by atoms with Gasteiger partial charge in [0.15, 0.2) is 11.5 Å². The second-order valence-electron chi connectivity index (χ2n) is 7.76. The highest BCUT2D eigenvalue weighted by Gasteiger charge is 2.19. The summed E-state index contributed by atoms with van der Waals surface area (Å²) in [7, 11) is 3.32. The Morgan fingerprint density at radius 2 is 1.81 bits per heavy atom. The molecule has 0 bridgehead atoms. The van der Waals surface area contributed by atoms with Crippen molar-refractivity contribution in [2.45, 2.75) is 25.3 Å². The van der Waals surface area contributed by atoms with E-state index < -0.39 is 0 Å². The molecule has 3 heterocycles. The first-order valence-corrected chi connectivity index (χ1v) is 10.6. The number of hydrogen-bond donors (Lipinski definition) is 2. The van der Waals surface area contributed by atoms with Crippen molar-refractivity contribution in [1.82, 2.24) is 24.9 Å². The van der Waals surface area contributed by atoms with Gasteiger partial charge in [-0.05, 0) is 61.9 Å². The summed E-state index contributed by atoms with van der Waals surface area (Å²) in [5, 5.41) is 12.8. The molecule has 1 atom stereocenters. The van der Waals surface area contributed by atoms with Crippen molar-refractivity contribution in [2.75, 3.05) is 32.6 Å². The molecule has 0 saturated carbocycles. The summed E-state index contributed by atoms with van der Waals surface area (Å²) < 4.78 is 12.5. The van der Waals surface area contributed by atoms with Gasteiger partial charge in [0.05, 0.1) is 19.7 Å². The van der Waals surface area contributed by atoms with Crippen LogP contribution in [-0.2, 0) is 0 Å². The zero-order chi connectivity index (χ0) is 21.2. The van der Waals surface area contributed by atoms with Crippen LogP contribution in [0.3, 0.4) is 0 Å². The van der Waals surface area contributed by atoms with E-state index in [4.69, 9.17) is 24.5 Å². The second kappa shape index (κ2) is 8.39. The Balaban J connectivity index is 1.64. The lowest BCUT2D eigenvalue weighted by molar-refractivity contribution is 0.415. The fraction of sp³-hybridized carbons (Fsp3) is 0.348. The Morgan fingerprint density at radius 3 is 2.61 bits per heavy atom. The van der Waals surface area contributed by atoms with E-state index in [1.54, 1.807) is 14.2 Å². The zero-order valence-electron chi connectivity index (χ0n) is 17.8. The maximum absolute atomic E-state index is 5.43. The van der Waals surface area contributed by atoms with E-state index in [1.807, 2.05) is 47.0 Å². The molecule has 8 heteroatoms. The van der Waals surface area contributed by atoms with Crippen LogP contribution in [0.2, 0.25) is 0 Å². The van der Waals surface area contributed by atoms with Gasteiger partial charge in [0, 0.05) is 23.5 Å². The summed E-state index contributed by atoms with van der Waals surface area (Å²) >= 11 is 0. The van der Waals surface area contributed by atoms with Crippen LogP contribution in [0.5, 0.6) is 11.5 Å². The number of rotatable bonds is 5. The van der Waals surface area contributed by atoms with E-state index >= 15 is 0 Å². The summed E-state index contributed by atoms with van der Waals surface area (Å²) in [6.45, 7) is 1.97. The summed E-state index contributed by atoms with van der Waals surface area (Å²) in [5.74, 6) is 2.90. The van der Waals surface area contributed by atoms with Crippen LogP contribution in [-0.4, -0.2) is 52.9 Å². The van der Waals surface area contributed by atoms with Crippen molar-refractivity contribution in [2.24, 2.45) is 0 Å².